The lowest BCUT2D eigenvalue weighted by atomic mass is 9.42. The largest absolute Gasteiger partial charge is 0.544 e. The number of rotatable bonds is 8. The van der Waals surface area contributed by atoms with Gasteiger partial charge in [0.25, 0.3) is 0 Å². The van der Waals surface area contributed by atoms with Crippen molar-refractivity contribution in [2.75, 3.05) is 39.6 Å². The molecule has 26 aliphatic rings. The quantitative estimate of drug-likeness (QED) is 0.164. The van der Waals surface area contributed by atoms with Crippen molar-refractivity contribution in [2.45, 2.75) is 363 Å². The van der Waals surface area contributed by atoms with Gasteiger partial charge in [-0.25, -0.2) is 42.2 Å². The smallest absolute Gasteiger partial charge is 0.347 e. The molecule has 0 N–H and O–H groups in total. The molecule has 794 valence electrons. The Kier molecular flexibility index (Phi) is 25.9. The van der Waals surface area contributed by atoms with Gasteiger partial charge in [-0.15, -0.1) is 13.2 Å². The van der Waals surface area contributed by atoms with E-state index < -0.39 is 33.1 Å². The van der Waals surface area contributed by atoms with E-state index in [9.17, 15) is 33.6 Å². The minimum atomic E-state index is -1.67. The van der Waals surface area contributed by atoms with Gasteiger partial charge in [0.15, 0.2) is 40.5 Å². The summed E-state index contributed by atoms with van der Waals surface area (Å²) in [6.45, 7) is 86.3. The van der Waals surface area contributed by atoms with Crippen LogP contribution in [0.2, 0.25) is 0 Å². The van der Waals surface area contributed by atoms with Crippen molar-refractivity contribution in [1.29, 1.82) is 0 Å². The molecule has 150 heavy (non-hydrogen) atoms. The molecule has 12 saturated carbocycles. The van der Waals surface area contributed by atoms with Gasteiger partial charge in [-0.3, -0.25) is 14.4 Å². The summed E-state index contributed by atoms with van der Waals surface area (Å²) in [5.74, 6) is 7.02. The minimum Gasteiger partial charge on any atom is -0.347 e. The summed E-state index contributed by atoms with van der Waals surface area (Å²) in [7, 11) is 0. The van der Waals surface area contributed by atoms with Crippen molar-refractivity contribution >= 4 is 40.5 Å². The predicted octanol–water partition coefficient (Wildman–Crippen LogP) is 28.2. The molecule has 3 saturated heterocycles. The summed E-state index contributed by atoms with van der Waals surface area (Å²) < 4.78 is 37.6. The average molecular weight is 2030 g/mol. The maximum atomic E-state index is 14.0. The van der Waals surface area contributed by atoms with Gasteiger partial charge in [-0.1, -0.05) is 228 Å². The van der Waals surface area contributed by atoms with E-state index in [4.69, 9.17) is 67.9 Å². The standard InChI is InChI=1S/C29H36N2O3.C26H33NO3.C26H31NO3.C26H35NO2.C24H27NO2/c1-7-13-27(14-8-2)23-10-9-20-21(25(23,3)19-28(30-5,31-6)24(27)32)11-15-26(4)22(20)12-16-29(26)33-17-18-34-29;2*1-23-16-20(27-3)22(28)25(10-4-5-11-25)21(23)7-6-17-18(23)8-12-24(2)19(17)9-13-26(24)29-14-15-30-26;1-6-13-26(14-7-2)21-10-8-17-18-9-11-22(28)24(18,3)15-12-19(17)25(21,4)16-20(27-5)23(26)29;1-22-13-10-17-15(16(22)7-9-20(22)26)6-8-19-23(17,2)14-18(25-3)21(27)24(19)11-4-5-12-24/h7-8,10,20-22H,1-2,9,11-19H2,3-4H3;7,16-19H,4-6,8-15H2,1-2H3;4-5,7,16-19H,6,8-15H2,1-2H3;10,16-19H,6-9,11-15H2,1-4H3;4-5,8,14-17H,6-7,9-13H2,1-2H3/t20-,21+,22+,25-,26+;2*17-,18+,19+,23-,24+;17-,18-,19-,24-,25+;15-,16-,17-,22-,23+/m11100/s1. The third-order valence-corrected chi connectivity index (χ3v) is 49.1. The normalized spacial score (nSPS) is 43.1. The minimum absolute atomic E-state index is 0.0210. The Morgan fingerprint density at radius 1 is 0.333 bits per heavy atom. The van der Waals surface area contributed by atoms with Crippen LogP contribution in [0.15, 0.2) is 155 Å². The first-order valence-corrected chi connectivity index (χ1v) is 58.6. The third kappa shape index (κ3) is 14.0. The monoisotopic (exact) mass is 2030 g/mol. The highest BCUT2D eigenvalue weighted by atomic mass is 16.8. The maximum Gasteiger partial charge on any atom is 0.544 e. The summed E-state index contributed by atoms with van der Waals surface area (Å²) in [6, 6.07) is 0. The first-order chi connectivity index (χ1) is 71.7. The molecule has 19 heteroatoms. The van der Waals surface area contributed by atoms with Crippen LogP contribution in [0, 0.1) is 209 Å². The molecule has 0 aromatic rings. The summed E-state index contributed by atoms with van der Waals surface area (Å²) in [5, 5.41) is 0. The molecule has 15 fully saturated rings. The van der Waals surface area contributed by atoms with Crippen LogP contribution < -0.4 is 0 Å². The summed E-state index contributed by atoms with van der Waals surface area (Å²) in [6.07, 6.45) is 69.3. The number of fused-ring (bicyclic) bond motifs is 31. The average Bonchev–Trinajstić information content (AvgIpc) is 1.45. The highest BCUT2D eigenvalue weighted by Gasteiger charge is 2.78. The van der Waals surface area contributed by atoms with Gasteiger partial charge >= 0.3 is 11.4 Å². The zero-order valence-electron chi connectivity index (χ0n) is 91.8. The summed E-state index contributed by atoms with van der Waals surface area (Å²) in [4.78, 5) is 115. The molecular formula is C131H162N6O13. The van der Waals surface area contributed by atoms with Crippen LogP contribution in [-0.2, 0) is 62.0 Å². The molecule has 3 heterocycles. The van der Waals surface area contributed by atoms with Crippen molar-refractivity contribution in [2.24, 2.45) is 170 Å². The van der Waals surface area contributed by atoms with E-state index in [0.29, 0.717) is 162 Å². The maximum absolute atomic E-state index is 14.0. The summed E-state index contributed by atoms with van der Waals surface area (Å²) in [5.41, 5.74) is 2.06. The van der Waals surface area contributed by atoms with Crippen LogP contribution in [0.3, 0.4) is 0 Å². The zero-order valence-corrected chi connectivity index (χ0v) is 91.8. The lowest BCUT2D eigenvalue weighted by molar-refractivity contribution is -0.242. The number of hydrogen-bond donors (Lipinski definition) is 0. The molecule has 19 nitrogen and oxygen atoms in total. The Hall–Kier alpha value is -8.99. The van der Waals surface area contributed by atoms with Crippen LogP contribution >= 0.6 is 0 Å². The molecule has 0 amide bonds. The lowest BCUT2D eigenvalue weighted by Gasteiger charge is -2.60. The van der Waals surface area contributed by atoms with Crippen LogP contribution in [0.25, 0.3) is 29.1 Å². The van der Waals surface area contributed by atoms with Gasteiger partial charge in [0.05, 0.1) is 82.2 Å². The fourth-order valence-corrected chi connectivity index (χ4v) is 42.5. The van der Waals surface area contributed by atoms with Gasteiger partial charge in [0.1, 0.15) is 18.0 Å². The molecule has 0 aromatic carbocycles. The van der Waals surface area contributed by atoms with Crippen LogP contribution in [0.1, 0.15) is 340 Å². The first-order valence-electron chi connectivity index (χ1n) is 58.6. The van der Waals surface area contributed by atoms with E-state index in [-0.39, 0.29) is 106 Å². The SMILES string of the molecule is [C-]#[N+]C1([N+]#[C-])C[C@@]2(C)C(=CC[C@@H]3[C@@H]2CC[C@@]2(C)[C@H]3CCC23OCCO3)C(CC=C)(CC=C)C1=O.[C-]#[N+]C1=C[C@@]2(C)C(=CC[C@@H]3[C@@H]2CC[C@@]2(C)[C@H]3CCC23OCCO3)C2(CC=CC2)C1=O.[C-]#[N+]C1=C[C@@]2(C)C(=CC[C@@H]3[C@@H]2CC[C@@]2(C)[C@H]3CCC23OCCO3)C2(CCCC2)C1=O.[C-]#[N+]C1=C[C@@]2(C)C(=CC[C@@H]3[C@@H]2CC[C@]2(C)C(=O)CC[C@@H]32)C(CCC)(CCC)C1=O.[C-]#[N+]C1=C[C@@]2(C)C(=CC[C@@H]3[C@@H]2CC[C@]2(C)C(=O)CC[C@@H]32)C2(CC=CC2)C1=O. The van der Waals surface area contributed by atoms with Gasteiger partial charge in [-0.05, 0) is 281 Å². The Bertz CT molecular complexity index is 6180. The number of carbonyl (C=O) groups is 7. The number of nitrogens with zero attached hydrogens (tertiary/aromatic N) is 6. The van der Waals surface area contributed by atoms with Gasteiger partial charge < -0.3 is 47.6 Å². The molecule has 25 atom stereocenters. The van der Waals surface area contributed by atoms with Crippen molar-refractivity contribution in [3.8, 4) is 0 Å². The van der Waals surface area contributed by atoms with Crippen LogP contribution in [0.4, 0.5) is 0 Å². The van der Waals surface area contributed by atoms with Crippen LogP contribution in [-0.4, -0.2) is 103 Å². The fraction of sp³-hybridized carbons (Fsp3) is 0.702. The first kappa shape index (κ1) is 105. The second-order valence-electron chi connectivity index (χ2n) is 54.2. The van der Waals surface area contributed by atoms with E-state index >= 15 is 0 Å². The molecule has 3 aliphatic heterocycles. The Labute approximate surface area is 893 Å². The van der Waals surface area contributed by atoms with Gasteiger partial charge in [0, 0.05) is 97.1 Å². The van der Waals surface area contributed by atoms with Gasteiger partial charge in [0.2, 0.25) is 22.8 Å². The topological polar surface area (TPSA) is 201 Å². The Morgan fingerprint density at radius 3 is 0.973 bits per heavy atom. The second-order valence-corrected chi connectivity index (χ2v) is 54.2. The molecule has 0 unspecified atom stereocenters. The molecule has 0 aromatic heterocycles. The van der Waals surface area contributed by atoms with Crippen molar-refractivity contribution in [3.05, 3.63) is 223 Å². The predicted molar refractivity (Wildman–Crippen MR) is 574 cm³/mol. The van der Waals surface area contributed by atoms with Gasteiger partial charge in [-0.2, -0.15) is 0 Å². The molecule has 6 spiro atoms. The second kappa shape index (κ2) is 36.8. The number of Topliss-reactive ketones (excluding diaryl/α,β-unsaturated/α-hetero) is 7. The number of allylic oxidation sites excluding steroid dienone is 24. The number of carbonyl (C=O) groups excluding carboxylic acids is 7. The molecular weight excluding hydrogens is 1870 g/mol. The highest BCUT2D eigenvalue weighted by molar-refractivity contribution is 6.08. The van der Waals surface area contributed by atoms with E-state index in [1.54, 1.807) is 12.2 Å². The molecule has 0 radical (unpaired) electrons. The summed E-state index contributed by atoms with van der Waals surface area (Å²) >= 11 is 0. The molecule has 23 aliphatic carbocycles. The highest BCUT2D eigenvalue weighted by Crippen LogP contribution is 2.78. The molecule has 26 rings (SSSR count). The van der Waals surface area contributed by atoms with Crippen molar-refractivity contribution < 1.29 is 62.0 Å². The van der Waals surface area contributed by atoms with E-state index in [1.807, 2.05) is 12.2 Å². The third-order valence-electron chi connectivity index (χ3n) is 49.1. The fourth-order valence-electron chi connectivity index (χ4n) is 42.5. The zero-order chi connectivity index (χ0) is 106. The Morgan fingerprint density at radius 2 is 0.627 bits per heavy atom. The van der Waals surface area contributed by atoms with E-state index in [1.165, 1.54) is 28.7 Å². The molecule has 0 bridgehead atoms. The number of ether oxygens (including phenoxy) is 6. The van der Waals surface area contributed by atoms with E-state index in [0.717, 1.165) is 250 Å². The number of ketones is 7. The van der Waals surface area contributed by atoms with E-state index in [2.05, 4.69) is 192 Å². The lowest BCUT2D eigenvalue weighted by Crippen LogP contribution is -2.62. The van der Waals surface area contributed by atoms with Crippen LogP contribution in [0.5, 0.6) is 0 Å². The van der Waals surface area contributed by atoms with Crippen molar-refractivity contribution in [1.82, 2.24) is 0 Å². The Balaban J connectivity index is 0.000000106. The van der Waals surface area contributed by atoms with Crippen molar-refractivity contribution in [3.63, 3.8) is 0 Å². The number of hydrogen-bond acceptors (Lipinski definition) is 13.